The van der Waals surface area contributed by atoms with Gasteiger partial charge in [0.2, 0.25) is 0 Å². The van der Waals surface area contributed by atoms with Gasteiger partial charge in [-0.05, 0) is 38.8 Å². The first-order chi connectivity index (χ1) is 7.27. The fourth-order valence-corrected chi connectivity index (χ4v) is 1.97. The van der Waals surface area contributed by atoms with Crippen molar-refractivity contribution >= 4 is 6.03 Å². The number of hydrogen-bond acceptors (Lipinski definition) is 2. The molecule has 4 heteroatoms. The van der Waals surface area contributed by atoms with Crippen LogP contribution in [0.15, 0.2) is 0 Å². The van der Waals surface area contributed by atoms with Crippen molar-refractivity contribution in [2.24, 2.45) is 5.92 Å². The van der Waals surface area contributed by atoms with Crippen LogP contribution in [0.5, 0.6) is 0 Å². The van der Waals surface area contributed by atoms with E-state index in [1.54, 1.807) is 0 Å². The summed E-state index contributed by atoms with van der Waals surface area (Å²) in [6.07, 6.45) is 3.25. The van der Waals surface area contributed by atoms with Gasteiger partial charge < -0.3 is 15.5 Å². The number of amides is 2. The third-order valence-corrected chi connectivity index (χ3v) is 2.92. The fraction of sp³-hybridized carbons (Fsp3) is 0.909. The summed E-state index contributed by atoms with van der Waals surface area (Å²) in [6, 6.07) is 0.111. The predicted octanol–water partition coefficient (Wildman–Crippen LogP) is 1.04. The molecule has 0 unspecified atom stereocenters. The molecule has 88 valence electrons. The van der Waals surface area contributed by atoms with E-state index < -0.39 is 0 Å². The first-order valence-electron chi connectivity index (χ1n) is 5.95. The highest BCUT2D eigenvalue weighted by Gasteiger charge is 2.21. The number of hydrogen-bond donors (Lipinski definition) is 2. The van der Waals surface area contributed by atoms with E-state index in [2.05, 4.69) is 17.6 Å². The summed E-state index contributed by atoms with van der Waals surface area (Å²) in [7, 11) is 1.99. The lowest BCUT2D eigenvalue weighted by molar-refractivity contribution is 0.170. The minimum Gasteiger partial charge on any atom is -0.338 e. The highest BCUT2D eigenvalue weighted by molar-refractivity contribution is 5.74. The molecule has 1 saturated heterocycles. The highest BCUT2D eigenvalue weighted by atomic mass is 16.2. The average molecular weight is 213 g/mol. The molecule has 2 N–H and O–H groups in total. The summed E-state index contributed by atoms with van der Waals surface area (Å²) in [5.41, 5.74) is 0. The number of likely N-dealkylation sites (tertiary alicyclic amines) is 1. The molecule has 4 nitrogen and oxygen atoms in total. The summed E-state index contributed by atoms with van der Waals surface area (Å²) in [5, 5.41) is 6.12. The molecule has 15 heavy (non-hydrogen) atoms. The summed E-state index contributed by atoms with van der Waals surface area (Å²) in [5.74, 6) is 0.741. The van der Waals surface area contributed by atoms with Gasteiger partial charge in [0.1, 0.15) is 0 Å². The summed E-state index contributed by atoms with van der Waals surface area (Å²) >= 11 is 0. The number of piperidine rings is 1. The molecular formula is C11H23N3O. The third-order valence-electron chi connectivity index (χ3n) is 2.92. The molecule has 0 saturated carbocycles. The maximum atomic E-state index is 11.6. The van der Waals surface area contributed by atoms with Gasteiger partial charge in [0.15, 0.2) is 0 Å². The zero-order valence-electron chi connectivity index (χ0n) is 9.88. The zero-order chi connectivity index (χ0) is 11.1. The van der Waals surface area contributed by atoms with Crippen LogP contribution in [-0.4, -0.2) is 44.2 Å². The van der Waals surface area contributed by atoms with Gasteiger partial charge in [-0.15, -0.1) is 0 Å². The lowest BCUT2D eigenvalue weighted by Gasteiger charge is -2.31. The SMILES string of the molecule is CCCNC(=O)N1CCC(CNC)CC1. The first kappa shape index (κ1) is 12.3. The maximum absolute atomic E-state index is 11.6. The van der Waals surface area contributed by atoms with Crippen LogP contribution in [0.2, 0.25) is 0 Å². The normalized spacial score (nSPS) is 17.9. The Morgan fingerprint density at radius 3 is 2.60 bits per heavy atom. The fourth-order valence-electron chi connectivity index (χ4n) is 1.97. The van der Waals surface area contributed by atoms with Gasteiger partial charge in [0.05, 0.1) is 0 Å². The van der Waals surface area contributed by atoms with Crippen LogP contribution in [0.1, 0.15) is 26.2 Å². The zero-order valence-corrected chi connectivity index (χ0v) is 9.88. The van der Waals surface area contributed by atoms with E-state index >= 15 is 0 Å². The van der Waals surface area contributed by atoms with E-state index in [4.69, 9.17) is 0 Å². The van der Waals surface area contributed by atoms with Crippen molar-refractivity contribution in [2.45, 2.75) is 26.2 Å². The van der Waals surface area contributed by atoms with Gasteiger partial charge in [-0.25, -0.2) is 4.79 Å². The van der Waals surface area contributed by atoms with Gasteiger partial charge >= 0.3 is 6.03 Å². The molecule has 0 aromatic carbocycles. The number of carbonyl (C=O) groups is 1. The predicted molar refractivity (Wildman–Crippen MR) is 61.9 cm³/mol. The second kappa shape index (κ2) is 6.67. The Bertz CT molecular complexity index is 188. The Kier molecular flexibility index (Phi) is 5.47. The minimum atomic E-state index is 0.111. The lowest BCUT2D eigenvalue weighted by Crippen LogP contribution is -2.45. The van der Waals surface area contributed by atoms with Gasteiger partial charge in [-0.2, -0.15) is 0 Å². The smallest absolute Gasteiger partial charge is 0.317 e. The van der Waals surface area contributed by atoms with Crippen LogP contribution in [0.3, 0.4) is 0 Å². The molecular weight excluding hydrogens is 190 g/mol. The molecule has 1 aliphatic heterocycles. The van der Waals surface area contributed by atoms with Crippen LogP contribution in [0.4, 0.5) is 4.79 Å². The molecule has 1 fully saturated rings. The van der Waals surface area contributed by atoms with Crippen LogP contribution in [-0.2, 0) is 0 Å². The van der Waals surface area contributed by atoms with E-state index in [1.807, 2.05) is 11.9 Å². The lowest BCUT2D eigenvalue weighted by atomic mass is 9.97. The second-order valence-corrected chi connectivity index (χ2v) is 4.22. The van der Waals surface area contributed by atoms with Crippen LogP contribution in [0.25, 0.3) is 0 Å². The quantitative estimate of drug-likeness (QED) is 0.733. The molecule has 0 spiro atoms. The molecule has 1 aliphatic rings. The van der Waals surface area contributed by atoms with Crippen LogP contribution >= 0.6 is 0 Å². The molecule has 1 heterocycles. The number of nitrogens with one attached hydrogen (secondary N) is 2. The molecule has 0 aromatic rings. The van der Waals surface area contributed by atoms with Crippen molar-refractivity contribution in [1.29, 1.82) is 0 Å². The Morgan fingerprint density at radius 2 is 2.07 bits per heavy atom. The minimum absolute atomic E-state index is 0.111. The van der Waals surface area contributed by atoms with Gasteiger partial charge in [-0.3, -0.25) is 0 Å². The Balaban J connectivity index is 2.21. The standard InChI is InChI=1S/C11H23N3O/c1-3-6-13-11(15)14-7-4-10(5-8-14)9-12-2/h10,12H,3-9H2,1-2H3,(H,13,15). The van der Waals surface area contributed by atoms with Gasteiger partial charge in [0, 0.05) is 19.6 Å². The monoisotopic (exact) mass is 213 g/mol. The molecule has 1 rings (SSSR count). The number of nitrogens with zero attached hydrogens (tertiary/aromatic N) is 1. The number of carbonyl (C=O) groups excluding carboxylic acids is 1. The summed E-state index contributed by atoms with van der Waals surface area (Å²) < 4.78 is 0. The van der Waals surface area contributed by atoms with Crippen molar-refractivity contribution in [3.05, 3.63) is 0 Å². The largest absolute Gasteiger partial charge is 0.338 e. The molecule has 0 bridgehead atoms. The van der Waals surface area contributed by atoms with E-state index in [0.717, 1.165) is 51.4 Å². The Labute approximate surface area is 92.4 Å². The molecule has 0 aliphatic carbocycles. The average Bonchev–Trinajstić information content (AvgIpc) is 2.27. The van der Waals surface area contributed by atoms with Crippen molar-refractivity contribution in [3.63, 3.8) is 0 Å². The van der Waals surface area contributed by atoms with E-state index in [9.17, 15) is 4.79 Å². The van der Waals surface area contributed by atoms with E-state index in [1.165, 1.54) is 0 Å². The van der Waals surface area contributed by atoms with Crippen molar-refractivity contribution in [1.82, 2.24) is 15.5 Å². The van der Waals surface area contributed by atoms with Crippen LogP contribution in [0, 0.1) is 5.92 Å². The van der Waals surface area contributed by atoms with E-state index in [0.29, 0.717) is 0 Å². The van der Waals surface area contributed by atoms with E-state index in [-0.39, 0.29) is 6.03 Å². The first-order valence-corrected chi connectivity index (χ1v) is 5.95. The number of rotatable bonds is 4. The topological polar surface area (TPSA) is 44.4 Å². The van der Waals surface area contributed by atoms with Crippen LogP contribution < -0.4 is 10.6 Å². The third kappa shape index (κ3) is 4.08. The maximum Gasteiger partial charge on any atom is 0.317 e. The second-order valence-electron chi connectivity index (χ2n) is 4.22. The van der Waals surface area contributed by atoms with Crippen molar-refractivity contribution in [2.75, 3.05) is 33.2 Å². The van der Waals surface area contributed by atoms with Gasteiger partial charge in [0.25, 0.3) is 0 Å². The Morgan fingerprint density at radius 1 is 1.40 bits per heavy atom. The molecule has 2 amide bonds. The summed E-state index contributed by atoms with van der Waals surface area (Å²) in [6.45, 7) is 5.74. The number of urea groups is 1. The highest BCUT2D eigenvalue weighted by Crippen LogP contribution is 2.15. The molecule has 0 atom stereocenters. The van der Waals surface area contributed by atoms with Crippen molar-refractivity contribution in [3.8, 4) is 0 Å². The van der Waals surface area contributed by atoms with Gasteiger partial charge in [-0.1, -0.05) is 6.92 Å². The summed E-state index contributed by atoms with van der Waals surface area (Å²) in [4.78, 5) is 13.6. The molecule has 0 aromatic heterocycles. The van der Waals surface area contributed by atoms with Crippen molar-refractivity contribution < 1.29 is 4.79 Å². The molecule has 0 radical (unpaired) electrons. The Hall–Kier alpha value is -0.770.